The Morgan fingerprint density at radius 1 is 1.23 bits per heavy atom. The van der Waals surface area contributed by atoms with E-state index in [2.05, 4.69) is 15.0 Å². The van der Waals surface area contributed by atoms with Gasteiger partial charge in [-0.05, 0) is 0 Å². The van der Waals surface area contributed by atoms with Crippen LogP contribution in [0.3, 0.4) is 0 Å². The van der Waals surface area contributed by atoms with Gasteiger partial charge in [0, 0.05) is 18.6 Å². The van der Waals surface area contributed by atoms with Crippen molar-refractivity contribution in [2.24, 2.45) is 0 Å². The van der Waals surface area contributed by atoms with E-state index < -0.39 is 0 Å². The summed E-state index contributed by atoms with van der Waals surface area (Å²) in [5, 5.41) is 9.62. The summed E-state index contributed by atoms with van der Waals surface area (Å²) in [5.41, 5.74) is 0.743. The lowest BCUT2D eigenvalue weighted by Crippen LogP contribution is -1.81. The van der Waals surface area contributed by atoms with Crippen molar-refractivity contribution in [1.29, 1.82) is 0 Å². The molecule has 0 bridgehead atoms. The number of hydrogen-bond donors (Lipinski definition) is 1. The lowest BCUT2D eigenvalue weighted by Gasteiger charge is -1.90. The van der Waals surface area contributed by atoms with E-state index in [1.165, 1.54) is 11.3 Å². The monoisotopic (exact) mass is 193 g/mol. The average Bonchev–Trinajstić information content (AvgIpc) is 2.67. The molecule has 0 saturated carbocycles. The number of nitrogens with zero attached hydrogens (tertiary/aromatic N) is 3. The fourth-order valence-electron chi connectivity index (χ4n) is 0.909. The first-order valence-corrected chi connectivity index (χ1v) is 4.54. The molecule has 1 N–H and O–H groups in total. The van der Waals surface area contributed by atoms with Gasteiger partial charge in [0.05, 0.1) is 17.7 Å². The second kappa shape index (κ2) is 3.59. The molecule has 2 rings (SSSR count). The summed E-state index contributed by atoms with van der Waals surface area (Å²) in [6, 6.07) is 0. The van der Waals surface area contributed by atoms with Gasteiger partial charge in [0.1, 0.15) is 10.7 Å². The number of rotatable bonds is 2. The van der Waals surface area contributed by atoms with E-state index in [4.69, 9.17) is 5.11 Å². The second-order valence-electron chi connectivity index (χ2n) is 2.38. The highest BCUT2D eigenvalue weighted by molar-refractivity contribution is 7.14. The van der Waals surface area contributed by atoms with Crippen molar-refractivity contribution >= 4 is 11.3 Å². The molecular weight excluding hydrogens is 186 g/mol. The third-order valence-corrected chi connectivity index (χ3v) is 2.50. The molecule has 0 radical (unpaired) electrons. The Labute approximate surface area is 78.9 Å². The molecule has 0 aromatic carbocycles. The van der Waals surface area contributed by atoms with Gasteiger partial charge < -0.3 is 5.11 Å². The summed E-state index contributed by atoms with van der Waals surface area (Å²) in [7, 11) is 0. The van der Waals surface area contributed by atoms with Crippen molar-refractivity contribution in [3.05, 3.63) is 29.7 Å². The Morgan fingerprint density at radius 3 is 2.77 bits per heavy atom. The molecule has 0 aliphatic rings. The van der Waals surface area contributed by atoms with Gasteiger partial charge in [0.2, 0.25) is 0 Å². The molecule has 2 aromatic rings. The molecule has 0 fully saturated rings. The molecule has 0 aliphatic heterocycles. The van der Waals surface area contributed by atoms with Crippen LogP contribution in [0.15, 0.2) is 24.8 Å². The Bertz CT molecular complexity index is 387. The first kappa shape index (κ1) is 8.28. The number of thiazole rings is 1. The van der Waals surface area contributed by atoms with Crippen LogP contribution in [-0.4, -0.2) is 20.1 Å². The van der Waals surface area contributed by atoms with Crippen LogP contribution in [0.4, 0.5) is 0 Å². The number of aliphatic hydroxyl groups excluding tert-OH is 1. The molecule has 2 aromatic heterocycles. The van der Waals surface area contributed by atoms with Crippen molar-refractivity contribution in [3.8, 4) is 10.7 Å². The predicted octanol–water partition coefficient (Wildman–Crippen LogP) is 1.09. The standard InChI is InChI=1S/C8H7N3OS/c12-5-6-3-11-8(13-6)7-4-9-1-2-10-7/h1-4,12H,5H2. The van der Waals surface area contributed by atoms with Crippen LogP contribution in [0.1, 0.15) is 4.88 Å². The fourth-order valence-corrected chi connectivity index (χ4v) is 1.64. The summed E-state index contributed by atoms with van der Waals surface area (Å²) < 4.78 is 0. The van der Waals surface area contributed by atoms with E-state index in [0.29, 0.717) is 0 Å². The quantitative estimate of drug-likeness (QED) is 0.775. The minimum atomic E-state index is 0.0257. The Morgan fingerprint density at radius 2 is 2.15 bits per heavy atom. The van der Waals surface area contributed by atoms with Gasteiger partial charge in [-0.15, -0.1) is 11.3 Å². The largest absolute Gasteiger partial charge is 0.391 e. The summed E-state index contributed by atoms with van der Waals surface area (Å²) in [4.78, 5) is 13.0. The highest BCUT2D eigenvalue weighted by Crippen LogP contribution is 2.21. The van der Waals surface area contributed by atoms with Crippen LogP contribution < -0.4 is 0 Å². The van der Waals surface area contributed by atoms with Crippen LogP contribution in [-0.2, 0) is 6.61 Å². The minimum Gasteiger partial charge on any atom is -0.391 e. The van der Waals surface area contributed by atoms with E-state index >= 15 is 0 Å². The molecule has 0 atom stereocenters. The molecule has 66 valence electrons. The first-order valence-electron chi connectivity index (χ1n) is 3.72. The van der Waals surface area contributed by atoms with Crippen molar-refractivity contribution in [1.82, 2.24) is 15.0 Å². The van der Waals surface area contributed by atoms with Crippen molar-refractivity contribution in [2.45, 2.75) is 6.61 Å². The van der Waals surface area contributed by atoms with E-state index in [1.807, 2.05) is 0 Å². The number of aliphatic hydroxyl groups is 1. The van der Waals surface area contributed by atoms with Crippen molar-refractivity contribution in [3.63, 3.8) is 0 Å². The molecule has 0 spiro atoms. The number of aromatic nitrogens is 3. The highest BCUT2D eigenvalue weighted by atomic mass is 32.1. The Balaban J connectivity index is 2.36. The lowest BCUT2D eigenvalue weighted by atomic mass is 10.5. The third kappa shape index (κ3) is 1.71. The van der Waals surface area contributed by atoms with Gasteiger partial charge in [0.15, 0.2) is 0 Å². The maximum absolute atomic E-state index is 8.83. The molecule has 0 saturated heterocycles. The summed E-state index contributed by atoms with van der Waals surface area (Å²) >= 11 is 1.42. The van der Waals surface area contributed by atoms with E-state index in [-0.39, 0.29) is 6.61 Å². The van der Waals surface area contributed by atoms with E-state index in [9.17, 15) is 0 Å². The summed E-state index contributed by atoms with van der Waals surface area (Å²) in [6.45, 7) is 0.0257. The topological polar surface area (TPSA) is 58.9 Å². The fraction of sp³-hybridized carbons (Fsp3) is 0.125. The number of hydrogen-bond acceptors (Lipinski definition) is 5. The average molecular weight is 193 g/mol. The molecule has 2 heterocycles. The maximum atomic E-state index is 8.83. The molecule has 13 heavy (non-hydrogen) atoms. The lowest BCUT2D eigenvalue weighted by molar-refractivity contribution is 0.285. The maximum Gasteiger partial charge on any atom is 0.143 e. The SMILES string of the molecule is OCc1cnc(-c2cnccn2)s1. The van der Waals surface area contributed by atoms with Gasteiger partial charge >= 0.3 is 0 Å². The summed E-state index contributed by atoms with van der Waals surface area (Å²) in [5.74, 6) is 0. The van der Waals surface area contributed by atoms with Crippen LogP contribution in [0.5, 0.6) is 0 Å². The van der Waals surface area contributed by atoms with Gasteiger partial charge in [-0.2, -0.15) is 0 Å². The zero-order valence-corrected chi connectivity index (χ0v) is 7.53. The van der Waals surface area contributed by atoms with Gasteiger partial charge in [0.25, 0.3) is 0 Å². The molecular formula is C8H7N3OS. The van der Waals surface area contributed by atoms with Crippen molar-refractivity contribution < 1.29 is 5.11 Å². The van der Waals surface area contributed by atoms with Gasteiger partial charge in [-0.1, -0.05) is 0 Å². The van der Waals surface area contributed by atoms with Crippen LogP contribution >= 0.6 is 11.3 Å². The molecule has 0 amide bonds. The summed E-state index contributed by atoms with van der Waals surface area (Å²) in [6.07, 6.45) is 6.54. The van der Waals surface area contributed by atoms with Crippen LogP contribution in [0.25, 0.3) is 10.7 Å². The minimum absolute atomic E-state index is 0.0257. The highest BCUT2D eigenvalue weighted by Gasteiger charge is 2.04. The smallest absolute Gasteiger partial charge is 0.143 e. The molecule has 5 heteroatoms. The van der Waals surface area contributed by atoms with Crippen molar-refractivity contribution in [2.75, 3.05) is 0 Å². The molecule has 4 nitrogen and oxygen atoms in total. The van der Waals surface area contributed by atoms with Crippen LogP contribution in [0, 0.1) is 0 Å². The predicted molar refractivity (Wildman–Crippen MR) is 49.1 cm³/mol. The molecule has 0 aliphatic carbocycles. The van der Waals surface area contributed by atoms with E-state index in [1.54, 1.807) is 24.8 Å². The first-order chi connectivity index (χ1) is 6.40. The third-order valence-electron chi connectivity index (χ3n) is 1.49. The molecule has 0 unspecified atom stereocenters. The van der Waals surface area contributed by atoms with E-state index in [0.717, 1.165) is 15.6 Å². The zero-order chi connectivity index (χ0) is 9.10. The zero-order valence-electron chi connectivity index (χ0n) is 6.71. The van der Waals surface area contributed by atoms with Gasteiger partial charge in [-0.25, -0.2) is 4.98 Å². The normalized spacial score (nSPS) is 10.2. The Hall–Kier alpha value is -1.33. The Kier molecular flexibility index (Phi) is 2.29. The second-order valence-corrected chi connectivity index (χ2v) is 3.50. The van der Waals surface area contributed by atoms with Gasteiger partial charge in [-0.3, -0.25) is 9.97 Å². The van der Waals surface area contributed by atoms with Crippen LogP contribution in [0.2, 0.25) is 0 Å².